The molecule has 114 valence electrons. The first-order valence-corrected chi connectivity index (χ1v) is 7.54. The number of hydrogen-bond acceptors (Lipinski definition) is 3. The number of imidazole rings is 1. The van der Waals surface area contributed by atoms with Gasteiger partial charge in [0.15, 0.2) is 0 Å². The molecular formula is C13H9F2N3O3S. The number of aromatic nitrogens is 2. The van der Waals surface area contributed by atoms with Crippen molar-refractivity contribution in [3.8, 4) is 0 Å². The van der Waals surface area contributed by atoms with Crippen molar-refractivity contribution >= 4 is 26.7 Å². The predicted molar refractivity (Wildman–Crippen MR) is 76.1 cm³/mol. The van der Waals surface area contributed by atoms with Crippen molar-refractivity contribution < 1.29 is 17.2 Å². The molecule has 0 fully saturated rings. The summed E-state index contributed by atoms with van der Waals surface area (Å²) in [6, 6.07) is 6.78. The van der Waals surface area contributed by atoms with Gasteiger partial charge in [0.2, 0.25) is 0 Å². The molecule has 0 bridgehead atoms. The van der Waals surface area contributed by atoms with Crippen molar-refractivity contribution in [2.75, 3.05) is 4.72 Å². The van der Waals surface area contributed by atoms with Crippen LogP contribution in [-0.4, -0.2) is 18.4 Å². The lowest BCUT2D eigenvalue weighted by molar-refractivity contribution is 0.583. The maximum Gasteiger partial charge on any atom is 0.323 e. The van der Waals surface area contributed by atoms with Gasteiger partial charge in [-0.2, -0.15) is 0 Å². The predicted octanol–water partition coefficient (Wildman–Crippen LogP) is 1.94. The topological polar surface area (TPSA) is 94.8 Å². The molecule has 3 aromatic rings. The second-order valence-electron chi connectivity index (χ2n) is 4.49. The van der Waals surface area contributed by atoms with Crippen LogP contribution in [0.4, 0.5) is 14.5 Å². The van der Waals surface area contributed by atoms with E-state index in [1.165, 1.54) is 18.2 Å². The molecule has 3 N–H and O–H groups in total. The maximum atomic E-state index is 13.5. The third-order valence-corrected chi connectivity index (χ3v) is 4.34. The molecule has 0 spiro atoms. The van der Waals surface area contributed by atoms with Gasteiger partial charge >= 0.3 is 5.69 Å². The van der Waals surface area contributed by atoms with Gasteiger partial charge in [-0.05, 0) is 30.3 Å². The van der Waals surface area contributed by atoms with Gasteiger partial charge in [0.25, 0.3) is 10.0 Å². The highest BCUT2D eigenvalue weighted by Crippen LogP contribution is 2.23. The van der Waals surface area contributed by atoms with Crippen LogP contribution in [0.1, 0.15) is 0 Å². The summed E-state index contributed by atoms with van der Waals surface area (Å²) < 4.78 is 53.3. The number of halogens is 2. The van der Waals surface area contributed by atoms with Crippen LogP contribution < -0.4 is 10.4 Å². The summed E-state index contributed by atoms with van der Waals surface area (Å²) in [5, 5.41) is 0. The summed E-state index contributed by atoms with van der Waals surface area (Å²) in [6.45, 7) is 0. The van der Waals surface area contributed by atoms with E-state index in [1.54, 1.807) is 0 Å². The second kappa shape index (κ2) is 4.95. The Morgan fingerprint density at radius 3 is 2.27 bits per heavy atom. The van der Waals surface area contributed by atoms with Crippen LogP contribution in [0.2, 0.25) is 0 Å². The minimum Gasteiger partial charge on any atom is -0.306 e. The van der Waals surface area contributed by atoms with E-state index in [4.69, 9.17) is 0 Å². The fourth-order valence-corrected chi connectivity index (χ4v) is 3.07. The quantitative estimate of drug-likeness (QED) is 0.687. The first-order valence-electron chi connectivity index (χ1n) is 6.06. The summed E-state index contributed by atoms with van der Waals surface area (Å²) in [7, 11) is -4.21. The number of rotatable bonds is 3. The average Bonchev–Trinajstić information content (AvgIpc) is 2.82. The zero-order valence-corrected chi connectivity index (χ0v) is 11.7. The molecule has 0 amide bonds. The number of fused-ring (bicyclic) bond motifs is 1. The Morgan fingerprint density at radius 1 is 0.955 bits per heavy atom. The number of para-hydroxylation sites is 1. The van der Waals surface area contributed by atoms with E-state index in [1.807, 2.05) is 4.72 Å². The zero-order chi connectivity index (χ0) is 15.9. The maximum absolute atomic E-state index is 13.5. The largest absolute Gasteiger partial charge is 0.323 e. The summed E-state index contributed by atoms with van der Waals surface area (Å²) in [5.41, 5.74) is -0.564. The number of H-pyrrole nitrogens is 2. The van der Waals surface area contributed by atoms with Crippen LogP contribution in [0.3, 0.4) is 0 Å². The highest BCUT2D eigenvalue weighted by atomic mass is 32.2. The third-order valence-electron chi connectivity index (χ3n) is 3.00. The lowest BCUT2D eigenvalue weighted by Crippen LogP contribution is -2.15. The fourth-order valence-electron chi connectivity index (χ4n) is 1.97. The van der Waals surface area contributed by atoms with Crippen LogP contribution in [0.5, 0.6) is 0 Å². The molecule has 3 rings (SSSR count). The summed E-state index contributed by atoms with van der Waals surface area (Å²) in [6.07, 6.45) is 0. The van der Waals surface area contributed by atoms with Crippen molar-refractivity contribution in [1.82, 2.24) is 9.97 Å². The molecule has 1 heterocycles. The summed E-state index contributed by atoms with van der Waals surface area (Å²) in [4.78, 5) is 15.8. The summed E-state index contributed by atoms with van der Waals surface area (Å²) in [5.74, 6) is -2.06. The molecule has 22 heavy (non-hydrogen) atoms. The molecule has 0 aliphatic carbocycles. The van der Waals surface area contributed by atoms with Crippen LogP contribution in [0.15, 0.2) is 46.1 Å². The highest BCUT2D eigenvalue weighted by molar-refractivity contribution is 7.92. The van der Waals surface area contributed by atoms with Crippen molar-refractivity contribution in [3.63, 3.8) is 0 Å². The number of anilines is 1. The van der Waals surface area contributed by atoms with E-state index in [0.717, 1.165) is 18.2 Å². The molecule has 0 saturated heterocycles. The van der Waals surface area contributed by atoms with Gasteiger partial charge in [0, 0.05) is 0 Å². The Bertz CT molecular complexity index is 1000. The van der Waals surface area contributed by atoms with E-state index >= 15 is 0 Å². The average molecular weight is 325 g/mol. The fraction of sp³-hybridized carbons (Fsp3) is 0. The molecular weight excluding hydrogens is 316 g/mol. The van der Waals surface area contributed by atoms with Gasteiger partial charge < -0.3 is 9.97 Å². The van der Waals surface area contributed by atoms with Gasteiger partial charge in [-0.1, -0.05) is 6.07 Å². The molecule has 0 unspecified atom stereocenters. The molecule has 0 atom stereocenters. The van der Waals surface area contributed by atoms with Crippen molar-refractivity contribution in [3.05, 3.63) is 58.5 Å². The van der Waals surface area contributed by atoms with E-state index < -0.39 is 33.0 Å². The minimum atomic E-state index is -4.21. The van der Waals surface area contributed by atoms with E-state index in [2.05, 4.69) is 9.97 Å². The highest BCUT2D eigenvalue weighted by Gasteiger charge is 2.19. The number of benzene rings is 2. The minimum absolute atomic E-state index is 0.238. The Kier molecular flexibility index (Phi) is 3.21. The second-order valence-corrected chi connectivity index (χ2v) is 6.17. The number of hydrogen-bond donors (Lipinski definition) is 3. The molecule has 2 aromatic carbocycles. The molecule has 6 nitrogen and oxygen atoms in total. The SMILES string of the molecule is O=c1[nH]c2ccc(S(=O)(=O)Nc3c(F)cccc3F)cc2[nH]1. The van der Waals surface area contributed by atoms with Gasteiger partial charge in [-0.25, -0.2) is 22.0 Å². The Morgan fingerprint density at radius 2 is 1.59 bits per heavy atom. The number of nitrogens with one attached hydrogen (secondary N) is 3. The van der Waals surface area contributed by atoms with Crippen LogP contribution in [0, 0.1) is 11.6 Å². The lowest BCUT2D eigenvalue weighted by atomic mass is 10.3. The first-order chi connectivity index (χ1) is 10.4. The van der Waals surface area contributed by atoms with Crippen molar-refractivity contribution in [1.29, 1.82) is 0 Å². The van der Waals surface area contributed by atoms with E-state index in [-0.39, 0.29) is 10.4 Å². The molecule has 0 radical (unpaired) electrons. The monoisotopic (exact) mass is 325 g/mol. The van der Waals surface area contributed by atoms with Gasteiger partial charge in [-0.3, -0.25) is 4.72 Å². The van der Waals surface area contributed by atoms with Gasteiger partial charge in [0.1, 0.15) is 17.3 Å². The summed E-state index contributed by atoms with van der Waals surface area (Å²) >= 11 is 0. The standard InChI is InChI=1S/C13H9F2N3O3S/c14-8-2-1-3-9(15)12(8)18-22(20,21)7-4-5-10-11(6-7)17-13(19)16-10/h1-6,18H,(H2,16,17,19). The van der Waals surface area contributed by atoms with Crippen LogP contribution in [-0.2, 0) is 10.0 Å². The Balaban J connectivity index is 2.06. The van der Waals surface area contributed by atoms with E-state index in [9.17, 15) is 22.0 Å². The molecule has 1 aromatic heterocycles. The first kappa shape index (κ1) is 14.3. The van der Waals surface area contributed by atoms with Crippen molar-refractivity contribution in [2.24, 2.45) is 0 Å². The Labute approximate surface area is 122 Å². The van der Waals surface area contributed by atoms with Crippen molar-refractivity contribution in [2.45, 2.75) is 4.90 Å². The van der Waals surface area contributed by atoms with Crippen LogP contribution >= 0.6 is 0 Å². The van der Waals surface area contributed by atoms with Gasteiger partial charge in [-0.15, -0.1) is 0 Å². The number of aromatic amines is 2. The van der Waals surface area contributed by atoms with Crippen LogP contribution in [0.25, 0.3) is 11.0 Å². The smallest absolute Gasteiger partial charge is 0.306 e. The van der Waals surface area contributed by atoms with Gasteiger partial charge in [0.05, 0.1) is 15.9 Å². The molecule has 0 saturated carbocycles. The Hall–Kier alpha value is -2.68. The number of sulfonamides is 1. The normalized spacial score (nSPS) is 11.7. The van der Waals surface area contributed by atoms with E-state index in [0.29, 0.717) is 5.52 Å². The lowest BCUT2D eigenvalue weighted by Gasteiger charge is -2.09. The molecule has 9 heteroatoms. The molecule has 0 aliphatic rings. The third kappa shape index (κ3) is 2.46. The zero-order valence-electron chi connectivity index (χ0n) is 10.9. The molecule has 0 aliphatic heterocycles.